The lowest BCUT2D eigenvalue weighted by atomic mass is 10.2. The molecule has 4 heterocycles. The number of anilines is 3. The molecule has 4 atom stereocenters. The van der Waals surface area contributed by atoms with E-state index in [9.17, 15) is 19.2 Å². The monoisotopic (exact) mass is 596 g/mol. The number of ether oxygens (including phenoxy) is 2. The molecule has 0 bridgehead atoms. The van der Waals surface area contributed by atoms with Gasteiger partial charge in [0, 0.05) is 29.2 Å². The third kappa shape index (κ3) is 4.58. The highest BCUT2D eigenvalue weighted by molar-refractivity contribution is 5.98. The number of alkyl carbamates (subject to hydrolysis) is 1. The lowest BCUT2D eigenvalue weighted by Gasteiger charge is -2.15. The van der Waals surface area contributed by atoms with E-state index in [2.05, 4.69) is 35.8 Å². The molecule has 0 saturated heterocycles. The number of nitrogens with two attached hydrogens (primary N) is 1. The number of nitrogens with one attached hydrogen (secondary N) is 3. The van der Waals surface area contributed by atoms with Gasteiger partial charge in [-0.05, 0) is 43.7 Å². The Balaban J connectivity index is 1.41. The Hall–Kier alpha value is -5.15. The summed E-state index contributed by atoms with van der Waals surface area (Å²) in [5.41, 5.74) is 4.36. The molecule has 3 amide bonds. The first kappa shape index (κ1) is 23.4. The van der Waals surface area contributed by atoms with Crippen LogP contribution in [0.4, 0.5) is 27.0 Å². The van der Waals surface area contributed by atoms with Crippen LogP contribution in [0.2, 0.25) is 0 Å². The van der Waals surface area contributed by atoms with Crippen LogP contribution in [-0.4, -0.2) is 67.2 Å². The lowest BCUT2D eigenvalue weighted by Crippen LogP contribution is -2.36. The smallest absolute Gasteiger partial charge is 0.412 e. The van der Waals surface area contributed by atoms with Crippen LogP contribution in [0, 0.1) is 5.92 Å². The number of imidazole rings is 1. The van der Waals surface area contributed by atoms with Gasteiger partial charge in [-0.15, -0.1) is 0 Å². The molecule has 2 aliphatic rings. The molecule has 5 N–H and O–H groups in total. The van der Waals surface area contributed by atoms with Crippen molar-refractivity contribution in [2.45, 2.75) is 50.2 Å². The predicted molar refractivity (Wildman–Crippen MR) is 155 cm³/mol. The van der Waals surface area contributed by atoms with E-state index in [1.807, 2.05) is 6.92 Å². The first-order valence-corrected chi connectivity index (χ1v) is 13.4. The number of hydrogen-bond donors (Lipinski definition) is 4. The minimum Gasteiger partial charge on any atom is -0.453 e. The van der Waals surface area contributed by atoms with Gasteiger partial charge in [-0.3, -0.25) is 19.2 Å². The molecule has 4 aromatic heterocycles. The number of carbonyl (C=O) groups excluding carboxylic acids is 3. The molecule has 2 aliphatic carbocycles. The van der Waals surface area contributed by atoms with Gasteiger partial charge in [0.1, 0.15) is 17.2 Å². The number of rotatable bonds is 7. The molecule has 226 valence electrons. The fourth-order valence-corrected chi connectivity index (χ4v) is 5.76. The van der Waals surface area contributed by atoms with E-state index in [-0.39, 0.29) is 52.9 Å². The zero-order valence-corrected chi connectivity index (χ0v) is 23.5. The topological polar surface area (TPSA) is 202 Å². The third-order valence-electron chi connectivity index (χ3n) is 8.12. The Bertz CT molecular complexity index is 2010. The molecule has 0 aromatic carbocycles. The Kier molecular flexibility index (Phi) is 5.60. The van der Waals surface area contributed by atoms with Crippen LogP contribution >= 0.6 is 0 Å². The number of nitrogens with zero attached hydrogens (tertiary/aromatic N) is 6. The fraction of sp³-hybridized carbons (Fsp3) is 0.444. The van der Waals surface area contributed by atoms with Crippen molar-refractivity contribution in [2.24, 2.45) is 18.6 Å². The lowest BCUT2D eigenvalue weighted by molar-refractivity contribution is -0.123. The first-order valence-electron chi connectivity index (χ1n) is 15.4. The van der Waals surface area contributed by atoms with Crippen LogP contribution in [0.1, 0.15) is 44.1 Å². The molecule has 0 radical (unpaired) electrons. The maximum atomic E-state index is 13.6. The summed E-state index contributed by atoms with van der Waals surface area (Å²) in [6.07, 6.45) is 0.653. The molecule has 0 spiro atoms. The average molecular weight is 597 g/mol. The second-order valence-electron chi connectivity index (χ2n) is 10.6. The van der Waals surface area contributed by atoms with Crippen LogP contribution < -0.4 is 27.4 Å². The van der Waals surface area contributed by atoms with Crippen molar-refractivity contribution in [3.8, 4) is 0 Å². The third-order valence-corrected chi connectivity index (χ3v) is 8.12. The summed E-state index contributed by atoms with van der Waals surface area (Å²) >= 11 is 0. The van der Waals surface area contributed by atoms with E-state index < -0.39 is 48.4 Å². The van der Waals surface area contributed by atoms with Gasteiger partial charge < -0.3 is 25.8 Å². The minimum absolute atomic E-state index is 0.0252. The van der Waals surface area contributed by atoms with Gasteiger partial charge in [-0.2, -0.15) is 5.10 Å². The van der Waals surface area contributed by atoms with Crippen molar-refractivity contribution in [1.82, 2.24) is 34.2 Å². The normalized spacial score (nSPS) is 26.2. The highest BCUT2D eigenvalue weighted by atomic mass is 16.5. The van der Waals surface area contributed by atoms with Crippen molar-refractivity contribution < 1.29 is 29.3 Å². The summed E-state index contributed by atoms with van der Waals surface area (Å²) in [4.78, 5) is 59.0. The van der Waals surface area contributed by atoms with E-state index in [0.29, 0.717) is 22.8 Å². The van der Waals surface area contributed by atoms with Crippen molar-refractivity contribution in [3.63, 3.8) is 0 Å². The van der Waals surface area contributed by atoms with Crippen LogP contribution in [0.15, 0.2) is 29.2 Å². The van der Waals surface area contributed by atoms with E-state index in [1.54, 1.807) is 12.1 Å². The molecule has 2 fully saturated rings. The first-order chi connectivity index (χ1) is 22.1. The maximum Gasteiger partial charge on any atom is 0.412 e. The second-order valence-corrected chi connectivity index (χ2v) is 10.6. The number of carbonyl (C=O) groups is 3. The summed E-state index contributed by atoms with van der Waals surface area (Å²) in [6.45, 7) is -0.978. The predicted octanol–water partition coefficient (Wildman–Crippen LogP) is 2.07. The number of aromatic nitrogens is 6. The average Bonchev–Trinajstić information content (AvgIpc) is 3.23. The van der Waals surface area contributed by atoms with Gasteiger partial charge in [-0.1, -0.05) is 6.92 Å². The molecule has 16 nitrogen and oxygen atoms in total. The molecular formula is C27H32N10O6. The number of hydrogen-bond acceptors (Lipinski definition) is 10. The van der Waals surface area contributed by atoms with Gasteiger partial charge in [0.25, 0.3) is 0 Å². The molecule has 2 saturated carbocycles. The number of pyridine rings is 2. The number of fused-ring (bicyclic) bond motifs is 2. The van der Waals surface area contributed by atoms with Crippen molar-refractivity contribution >= 4 is 57.6 Å². The van der Waals surface area contributed by atoms with E-state index in [1.165, 1.54) is 35.7 Å². The summed E-state index contributed by atoms with van der Waals surface area (Å²) in [5.74, 6) is -0.179. The SMILES string of the molecule is [2H]C([2H])([2H])n1c(=O)n([C@@H]2CC[C@@]([2H])(NC(=O)OC)C2)c2cc(Nc3ccc4c(NC(=O)OC)nn([C@@]5(C(N)=O)C[C@@H]5C)c4n3)ncc21. The summed E-state index contributed by atoms with van der Waals surface area (Å²) in [5, 5.41) is 12.9. The summed E-state index contributed by atoms with van der Waals surface area (Å²) < 4.78 is 45.4. The van der Waals surface area contributed by atoms with Gasteiger partial charge in [-0.25, -0.2) is 29.0 Å². The molecule has 4 aromatic rings. The van der Waals surface area contributed by atoms with Crippen LogP contribution in [0.5, 0.6) is 0 Å². The molecule has 6 rings (SSSR count). The molecule has 16 heteroatoms. The van der Waals surface area contributed by atoms with Crippen LogP contribution in [0.25, 0.3) is 22.1 Å². The second kappa shape index (κ2) is 10.3. The molecule has 0 unspecified atom stereocenters. The standard InChI is InChI=1S/C27H32N10O6/c1-13-11-27(13,23(28)38)37-22-16(21(34-37)33-25(40)43-4)7-8-19(32-22)31-20-10-17-18(12-29-20)35(2)26(41)36(17)15-6-5-14(9-15)30-24(39)42-3/h7-8,10,12-15H,5-6,9,11H2,1-4H3,(H2,28,38)(H,30,39)(H,29,31,32)(H,33,34,40)/t13-,14+,15+,27-/m0/s1/i2D3,14D. The van der Waals surface area contributed by atoms with Gasteiger partial charge in [0.2, 0.25) is 5.91 Å². The minimum atomic E-state index is -2.82. The Morgan fingerprint density at radius 2 is 1.93 bits per heavy atom. The van der Waals surface area contributed by atoms with Gasteiger partial charge in [0.15, 0.2) is 11.5 Å². The number of primary amides is 1. The van der Waals surface area contributed by atoms with Crippen molar-refractivity contribution in [3.05, 3.63) is 34.9 Å². The highest BCUT2D eigenvalue weighted by Gasteiger charge is 2.60. The fourth-order valence-electron chi connectivity index (χ4n) is 5.76. The summed E-state index contributed by atoms with van der Waals surface area (Å²) in [6, 6.07) is 2.67. The molecular weight excluding hydrogens is 560 g/mol. The number of methoxy groups -OCH3 is 2. The van der Waals surface area contributed by atoms with E-state index >= 15 is 0 Å². The molecule has 0 aliphatic heterocycles. The summed E-state index contributed by atoms with van der Waals surface area (Å²) in [7, 11) is 2.38. The highest BCUT2D eigenvalue weighted by Crippen LogP contribution is 2.51. The number of aryl methyl sites for hydroxylation is 1. The largest absolute Gasteiger partial charge is 0.453 e. The van der Waals surface area contributed by atoms with Gasteiger partial charge >= 0.3 is 17.9 Å². The maximum absolute atomic E-state index is 13.6. The quantitative estimate of drug-likeness (QED) is 0.245. The zero-order valence-electron chi connectivity index (χ0n) is 27.5. The number of amides is 3. The Morgan fingerprint density at radius 1 is 1.16 bits per heavy atom. The zero-order chi connectivity index (χ0) is 34.1. The van der Waals surface area contributed by atoms with E-state index in [4.69, 9.17) is 16.0 Å². The Labute approximate surface area is 250 Å². The molecule has 43 heavy (non-hydrogen) atoms. The van der Waals surface area contributed by atoms with Crippen molar-refractivity contribution in [2.75, 3.05) is 24.9 Å². The Morgan fingerprint density at radius 3 is 2.60 bits per heavy atom. The van der Waals surface area contributed by atoms with Gasteiger partial charge in [0.05, 0.1) is 38.2 Å². The van der Waals surface area contributed by atoms with Crippen molar-refractivity contribution in [1.29, 1.82) is 0 Å². The van der Waals surface area contributed by atoms with Crippen LogP contribution in [0.3, 0.4) is 0 Å². The van der Waals surface area contributed by atoms with Crippen LogP contribution in [-0.2, 0) is 26.8 Å². The van der Waals surface area contributed by atoms with E-state index in [0.717, 1.165) is 0 Å².